The average molecular weight is 214 g/mol. The van der Waals surface area contributed by atoms with E-state index in [4.69, 9.17) is 0 Å². The first-order chi connectivity index (χ1) is 6.70. The number of hydrogen-bond donors (Lipinski definition) is 0. The lowest BCUT2D eigenvalue weighted by molar-refractivity contribution is -0.138. The van der Waals surface area contributed by atoms with Gasteiger partial charge in [-0.3, -0.25) is 0 Å². The van der Waals surface area contributed by atoms with Crippen molar-refractivity contribution < 1.29 is 13.2 Å². The van der Waals surface area contributed by atoms with Crippen LogP contribution >= 0.6 is 0 Å². The van der Waals surface area contributed by atoms with Crippen LogP contribution in [0.4, 0.5) is 13.2 Å². The van der Waals surface area contributed by atoms with Gasteiger partial charge in [-0.2, -0.15) is 13.2 Å². The van der Waals surface area contributed by atoms with Gasteiger partial charge in [0.2, 0.25) is 0 Å². The van der Waals surface area contributed by atoms with E-state index in [1.54, 1.807) is 6.07 Å². The van der Waals surface area contributed by atoms with Gasteiger partial charge in [0.05, 0.1) is 5.56 Å². The number of halogens is 3. The molecule has 1 aromatic carbocycles. The number of hydrogen-bond acceptors (Lipinski definition) is 0. The molecule has 0 bridgehead atoms. The van der Waals surface area contributed by atoms with E-state index in [1.807, 2.05) is 20.8 Å². The molecule has 0 saturated heterocycles. The second kappa shape index (κ2) is 3.87. The van der Waals surface area contributed by atoms with Gasteiger partial charge < -0.3 is 0 Å². The molecule has 3 heteroatoms. The quantitative estimate of drug-likeness (QED) is 0.657. The Morgan fingerprint density at radius 2 is 1.53 bits per heavy atom. The molecule has 15 heavy (non-hydrogen) atoms. The van der Waals surface area contributed by atoms with E-state index < -0.39 is 11.7 Å². The van der Waals surface area contributed by atoms with Crippen LogP contribution in [-0.4, -0.2) is 0 Å². The van der Waals surface area contributed by atoms with E-state index in [0.29, 0.717) is 0 Å². The van der Waals surface area contributed by atoms with Gasteiger partial charge in [0, 0.05) is 6.42 Å². The SMILES string of the molecule is CC(C)(C)[C]c1ccccc1C(F)(F)F. The fraction of sp³-hybridized carbons (Fsp3) is 0.417. The van der Waals surface area contributed by atoms with E-state index in [-0.39, 0.29) is 11.0 Å². The first-order valence-electron chi connectivity index (χ1n) is 4.64. The summed E-state index contributed by atoms with van der Waals surface area (Å²) in [4.78, 5) is 0. The van der Waals surface area contributed by atoms with Gasteiger partial charge in [0.15, 0.2) is 0 Å². The maximum absolute atomic E-state index is 12.6. The molecule has 0 atom stereocenters. The Morgan fingerprint density at radius 3 is 2.00 bits per heavy atom. The Labute approximate surface area is 88.1 Å². The number of rotatable bonds is 1. The molecule has 0 saturated carbocycles. The molecule has 0 aromatic heterocycles. The zero-order chi connectivity index (χ0) is 11.7. The van der Waals surface area contributed by atoms with Gasteiger partial charge in [-0.15, -0.1) is 0 Å². The van der Waals surface area contributed by atoms with Crippen molar-refractivity contribution >= 4 is 0 Å². The molecule has 0 nitrogen and oxygen atoms in total. The lowest BCUT2D eigenvalue weighted by Gasteiger charge is -2.20. The van der Waals surface area contributed by atoms with E-state index in [9.17, 15) is 13.2 Å². The molecular formula is C12H13F3. The van der Waals surface area contributed by atoms with Gasteiger partial charge in [-0.1, -0.05) is 39.0 Å². The molecule has 1 aromatic rings. The van der Waals surface area contributed by atoms with Crippen molar-refractivity contribution in [1.82, 2.24) is 0 Å². The van der Waals surface area contributed by atoms with Crippen LogP contribution in [0.1, 0.15) is 31.9 Å². The van der Waals surface area contributed by atoms with Crippen LogP contribution in [0.2, 0.25) is 0 Å². The fourth-order valence-electron chi connectivity index (χ4n) is 1.24. The van der Waals surface area contributed by atoms with Crippen LogP contribution in [0.15, 0.2) is 24.3 Å². The van der Waals surface area contributed by atoms with Crippen LogP contribution in [0.25, 0.3) is 0 Å². The molecule has 0 N–H and O–H groups in total. The van der Waals surface area contributed by atoms with Crippen LogP contribution < -0.4 is 0 Å². The van der Waals surface area contributed by atoms with Crippen molar-refractivity contribution in [1.29, 1.82) is 0 Å². The topological polar surface area (TPSA) is 0 Å². The molecule has 0 aliphatic carbocycles. The van der Waals surface area contributed by atoms with E-state index in [2.05, 4.69) is 6.42 Å². The molecule has 0 aliphatic heterocycles. The summed E-state index contributed by atoms with van der Waals surface area (Å²) >= 11 is 0. The van der Waals surface area contributed by atoms with E-state index in [1.165, 1.54) is 12.1 Å². The minimum Gasteiger partial charge on any atom is -0.166 e. The highest BCUT2D eigenvalue weighted by Crippen LogP contribution is 2.35. The second-order valence-corrected chi connectivity index (χ2v) is 4.42. The maximum atomic E-state index is 12.6. The average Bonchev–Trinajstić information content (AvgIpc) is 1.99. The van der Waals surface area contributed by atoms with Gasteiger partial charge in [0.25, 0.3) is 0 Å². The van der Waals surface area contributed by atoms with Crippen molar-refractivity contribution in [2.75, 3.05) is 0 Å². The van der Waals surface area contributed by atoms with Crippen molar-refractivity contribution in [3.8, 4) is 0 Å². The summed E-state index contributed by atoms with van der Waals surface area (Å²) in [7, 11) is 0. The summed E-state index contributed by atoms with van der Waals surface area (Å²) in [6.07, 6.45) is -1.47. The van der Waals surface area contributed by atoms with Gasteiger partial charge in [-0.25, -0.2) is 0 Å². The predicted octanol–water partition coefficient (Wildman–Crippen LogP) is 4.18. The van der Waals surface area contributed by atoms with Crippen LogP contribution in [0.5, 0.6) is 0 Å². The summed E-state index contributed by atoms with van der Waals surface area (Å²) in [5, 5.41) is 0. The second-order valence-electron chi connectivity index (χ2n) is 4.42. The van der Waals surface area contributed by atoms with Crippen molar-refractivity contribution in [3.05, 3.63) is 41.8 Å². The van der Waals surface area contributed by atoms with E-state index in [0.717, 1.165) is 6.07 Å². The molecule has 0 unspecified atom stereocenters. The van der Waals surface area contributed by atoms with Crippen LogP contribution in [0.3, 0.4) is 0 Å². The Kier molecular flexibility index (Phi) is 3.12. The predicted molar refractivity (Wildman–Crippen MR) is 53.2 cm³/mol. The lowest BCUT2D eigenvalue weighted by atomic mass is 9.86. The highest BCUT2D eigenvalue weighted by Gasteiger charge is 2.33. The minimum atomic E-state index is -4.31. The third-order valence-corrected chi connectivity index (χ3v) is 1.74. The Morgan fingerprint density at radius 1 is 1.00 bits per heavy atom. The monoisotopic (exact) mass is 214 g/mol. The molecule has 0 amide bonds. The molecule has 1 rings (SSSR count). The molecule has 82 valence electrons. The third kappa shape index (κ3) is 3.57. The summed E-state index contributed by atoms with van der Waals surface area (Å²) in [6, 6.07) is 5.49. The first kappa shape index (κ1) is 12.1. The minimum absolute atomic E-state index is 0.123. The Bertz CT molecular complexity index is 331. The van der Waals surface area contributed by atoms with Crippen LogP contribution in [-0.2, 0) is 6.18 Å². The van der Waals surface area contributed by atoms with E-state index >= 15 is 0 Å². The van der Waals surface area contributed by atoms with Crippen LogP contribution in [0, 0.1) is 11.8 Å². The first-order valence-corrected chi connectivity index (χ1v) is 4.64. The molecule has 0 aliphatic rings. The molecule has 0 fully saturated rings. The van der Waals surface area contributed by atoms with Crippen molar-refractivity contribution in [3.63, 3.8) is 0 Å². The molecular weight excluding hydrogens is 201 g/mol. The highest BCUT2D eigenvalue weighted by atomic mass is 19.4. The fourth-order valence-corrected chi connectivity index (χ4v) is 1.24. The maximum Gasteiger partial charge on any atom is 0.416 e. The highest BCUT2D eigenvalue weighted by molar-refractivity contribution is 5.36. The summed E-state index contributed by atoms with van der Waals surface area (Å²) in [6.45, 7) is 5.46. The summed E-state index contributed by atoms with van der Waals surface area (Å²) < 4.78 is 37.8. The van der Waals surface area contributed by atoms with Crippen molar-refractivity contribution in [2.45, 2.75) is 26.9 Å². The van der Waals surface area contributed by atoms with Gasteiger partial charge in [-0.05, 0) is 17.0 Å². The largest absolute Gasteiger partial charge is 0.416 e. The third-order valence-electron chi connectivity index (χ3n) is 1.74. The van der Waals surface area contributed by atoms with Gasteiger partial charge in [0.1, 0.15) is 0 Å². The molecule has 0 heterocycles. The lowest BCUT2D eigenvalue weighted by Crippen LogP contribution is -2.13. The number of alkyl halides is 3. The zero-order valence-electron chi connectivity index (χ0n) is 8.94. The zero-order valence-corrected chi connectivity index (χ0v) is 8.94. The summed E-state index contributed by atoms with van der Waals surface area (Å²) in [5.41, 5.74) is -0.890. The van der Waals surface area contributed by atoms with Gasteiger partial charge >= 0.3 is 6.18 Å². The Hall–Kier alpha value is -0.990. The molecule has 0 spiro atoms. The smallest absolute Gasteiger partial charge is 0.166 e. The standard InChI is InChI=1S/C12H13F3/c1-11(2,3)8-9-6-4-5-7-10(9)12(13,14)15/h4-7H,1-3H3. The van der Waals surface area contributed by atoms with Crippen molar-refractivity contribution in [2.24, 2.45) is 5.41 Å². The molecule has 2 radical (unpaired) electrons. The Balaban J connectivity index is 3.08. The summed E-state index contributed by atoms with van der Waals surface area (Å²) in [5.74, 6) is 0. The normalized spacial score (nSPS) is 12.9. The number of benzene rings is 1.